The molecule has 0 aliphatic carbocycles. The van der Waals surface area contributed by atoms with Gasteiger partial charge in [0.1, 0.15) is 0 Å². The Morgan fingerprint density at radius 1 is 1.37 bits per heavy atom. The molecule has 0 saturated carbocycles. The molecule has 7 heteroatoms. The van der Waals surface area contributed by atoms with Crippen molar-refractivity contribution in [1.29, 1.82) is 0 Å². The van der Waals surface area contributed by atoms with Crippen molar-refractivity contribution >= 4 is 17.8 Å². The maximum absolute atomic E-state index is 12.6. The third-order valence-electron chi connectivity index (χ3n) is 4.67. The summed E-state index contributed by atoms with van der Waals surface area (Å²) in [6, 6.07) is 7.09. The third-order valence-corrected chi connectivity index (χ3v) is 4.67. The van der Waals surface area contributed by atoms with Crippen LogP contribution in [0.2, 0.25) is 0 Å². The van der Waals surface area contributed by atoms with Gasteiger partial charge in [-0.2, -0.15) is 0 Å². The van der Waals surface area contributed by atoms with Crippen molar-refractivity contribution in [2.45, 2.75) is 45.9 Å². The van der Waals surface area contributed by atoms with Gasteiger partial charge in [0.25, 0.3) is 11.8 Å². The van der Waals surface area contributed by atoms with Crippen LogP contribution in [0.4, 0.5) is 5.95 Å². The summed E-state index contributed by atoms with van der Waals surface area (Å²) in [6.45, 7) is 5.05. The van der Waals surface area contributed by atoms with E-state index in [1.54, 1.807) is 37.6 Å². The van der Waals surface area contributed by atoms with E-state index in [0.29, 0.717) is 30.0 Å². The van der Waals surface area contributed by atoms with Crippen LogP contribution in [0, 0.1) is 0 Å². The Kier molecular flexibility index (Phi) is 5.81. The largest absolute Gasteiger partial charge is 0.378 e. The Bertz CT molecular complexity index is 853. The quantitative estimate of drug-likeness (QED) is 0.812. The predicted octanol–water partition coefficient (Wildman–Crippen LogP) is 3.02. The molecule has 0 fully saturated rings. The van der Waals surface area contributed by atoms with Crippen LogP contribution in [0.5, 0.6) is 0 Å². The molecule has 1 unspecified atom stereocenters. The highest BCUT2D eigenvalue weighted by Gasteiger charge is 2.30. The summed E-state index contributed by atoms with van der Waals surface area (Å²) in [4.78, 5) is 35.3. The monoisotopic (exact) mass is 368 g/mol. The van der Waals surface area contributed by atoms with E-state index >= 15 is 0 Å². The number of methoxy groups -OCH3 is 1. The standard InChI is InChI=1S/C20H24N4O3/c1-4-5-13(2)24-11-15-10-14(6-7-17(15)19(24)26)18(25)23-20-21-9-8-16(22-20)12-27-3/h6-10,13H,4-5,11-12H2,1-3H3,(H,21,22,23,25). The molecule has 2 heterocycles. The minimum Gasteiger partial charge on any atom is -0.378 e. The molecule has 1 N–H and O–H groups in total. The van der Waals surface area contributed by atoms with Crippen LogP contribution in [-0.2, 0) is 17.9 Å². The minimum atomic E-state index is -0.306. The number of ether oxygens (including phenoxy) is 1. The second-order valence-corrected chi connectivity index (χ2v) is 6.70. The number of carbonyl (C=O) groups is 2. The highest BCUT2D eigenvalue weighted by atomic mass is 16.5. The number of benzene rings is 1. The lowest BCUT2D eigenvalue weighted by Gasteiger charge is -2.23. The zero-order valence-corrected chi connectivity index (χ0v) is 15.9. The number of hydrogen-bond acceptors (Lipinski definition) is 5. The van der Waals surface area contributed by atoms with Crippen LogP contribution < -0.4 is 5.32 Å². The van der Waals surface area contributed by atoms with Gasteiger partial charge in [-0.1, -0.05) is 13.3 Å². The van der Waals surface area contributed by atoms with E-state index in [1.165, 1.54) is 0 Å². The van der Waals surface area contributed by atoms with Crippen molar-refractivity contribution in [3.8, 4) is 0 Å². The molecule has 3 rings (SSSR count). The Morgan fingerprint density at radius 3 is 2.93 bits per heavy atom. The summed E-state index contributed by atoms with van der Waals surface area (Å²) < 4.78 is 5.04. The minimum absolute atomic E-state index is 0.0357. The molecule has 0 spiro atoms. The SMILES string of the molecule is CCCC(C)N1Cc2cc(C(=O)Nc3nccc(COC)n3)ccc2C1=O. The van der Waals surface area contributed by atoms with E-state index in [9.17, 15) is 9.59 Å². The molecule has 1 aromatic carbocycles. The fraction of sp³-hybridized carbons (Fsp3) is 0.400. The number of rotatable bonds is 7. The number of fused-ring (bicyclic) bond motifs is 1. The molecular formula is C20H24N4O3. The number of nitrogens with zero attached hydrogens (tertiary/aromatic N) is 3. The van der Waals surface area contributed by atoms with Gasteiger partial charge in [-0.15, -0.1) is 0 Å². The molecule has 2 amide bonds. The van der Waals surface area contributed by atoms with Gasteiger partial charge in [-0.25, -0.2) is 9.97 Å². The van der Waals surface area contributed by atoms with Crippen molar-refractivity contribution in [1.82, 2.24) is 14.9 Å². The smallest absolute Gasteiger partial charge is 0.258 e. The number of amides is 2. The Morgan fingerprint density at radius 2 is 2.19 bits per heavy atom. The van der Waals surface area contributed by atoms with Crippen LogP contribution in [-0.4, -0.2) is 39.8 Å². The van der Waals surface area contributed by atoms with Gasteiger partial charge in [0, 0.05) is 37.0 Å². The van der Waals surface area contributed by atoms with Crippen LogP contribution in [0.3, 0.4) is 0 Å². The molecule has 1 aliphatic heterocycles. The van der Waals surface area contributed by atoms with E-state index in [2.05, 4.69) is 29.1 Å². The van der Waals surface area contributed by atoms with Gasteiger partial charge >= 0.3 is 0 Å². The van der Waals surface area contributed by atoms with Crippen molar-refractivity contribution in [3.63, 3.8) is 0 Å². The van der Waals surface area contributed by atoms with Crippen molar-refractivity contribution < 1.29 is 14.3 Å². The van der Waals surface area contributed by atoms with Crippen LogP contribution >= 0.6 is 0 Å². The Hall–Kier alpha value is -2.80. The van der Waals surface area contributed by atoms with Gasteiger partial charge in [0.2, 0.25) is 5.95 Å². The molecule has 0 radical (unpaired) electrons. The average molecular weight is 368 g/mol. The summed E-state index contributed by atoms with van der Waals surface area (Å²) >= 11 is 0. The summed E-state index contributed by atoms with van der Waals surface area (Å²) in [5.41, 5.74) is 2.72. The van der Waals surface area contributed by atoms with Crippen molar-refractivity contribution in [2.75, 3.05) is 12.4 Å². The number of carbonyl (C=O) groups excluding carboxylic acids is 2. The maximum Gasteiger partial charge on any atom is 0.258 e. The highest BCUT2D eigenvalue weighted by Crippen LogP contribution is 2.27. The zero-order valence-electron chi connectivity index (χ0n) is 15.9. The number of anilines is 1. The van der Waals surface area contributed by atoms with Gasteiger partial charge in [0.05, 0.1) is 12.3 Å². The van der Waals surface area contributed by atoms with Crippen molar-refractivity contribution in [2.24, 2.45) is 0 Å². The van der Waals surface area contributed by atoms with Gasteiger partial charge in [-0.05, 0) is 43.2 Å². The molecule has 1 atom stereocenters. The number of hydrogen-bond donors (Lipinski definition) is 1. The first kappa shape index (κ1) is 19.0. The first-order valence-electron chi connectivity index (χ1n) is 9.09. The van der Waals surface area contributed by atoms with Crippen LogP contribution in [0.25, 0.3) is 0 Å². The Labute approximate surface area is 158 Å². The lowest BCUT2D eigenvalue weighted by atomic mass is 10.1. The molecule has 2 aromatic rings. The predicted molar refractivity (Wildman–Crippen MR) is 101 cm³/mol. The first-order valence-corrected chi connectivity index (χ1v) is 9.09. The van der Waals surface area contributed by atoms with E-state index in [-0.39, 0.29) is 23.8 Å². The van der Waals surface area contributed by atoms with Gasteiger partial charge in [0.15, 0.2) is 0 Å². The molecule has 0 bridgehead atoms. The van der Waals surface area contributed by atoms with Crippen LogP contribution in [0.1, 0.15) is 58.7 Å². The van der Waals surface area contributed by atoms with Crippen LogP contribution in [0.15, 0.2) is 30.5 Å². The molecule has 27 heavy (non-hydrogen) atoms. The normalized spacial score (nSPS) is 14.2. The van der Waals surface area contributed by atoms with Crippen molar-refractivity contribution in [3.05, 3.63) is 52.8 Å². The third kappa shape index (κ3) is 4.14. The van der Waals surface area contributed by atoms with E-state index in [1.807, 2.05) is 4.90 Å². The summed E-state index contributed by atoms with van der Waals surface area (Å²) in [6.07, 6.45) is 3.56. The summed E-state index contributed by atoms with van der Waals surface area (Å²) in [5, 5.41) is 2.70. The fourth-order valence-corrected chi connectivity index (χ4v) is 3.27. The Balaban J connectivity index is 1.74. The number of aromatic nitrogens is 2. The zero-order chi connectivity index (χ0) is 19.4. The second kappa shape index (κ2) is 8.26. The fourth-order valence-electron chi connectivity index (χ4n) is 3.27. The van der Waals surface area contributed by atoms with E-state index in [0.717, 1.165) is 18.4 Å². The molecule has 142 valence electrons. The number of nitrogens with one attached hydrogen (secondary N) is 1. The molecule has 1 aromatic heterocycles. The first-order chi connectivity index (χ1) is 13.0. The van der Waals surface area contributed by atoms with E-state index in [4.69, 9.17) is 4.74 Å². The molecule has 1 aliphatic rings. The lowest BCUT2D eigenvalue weighted by molar-refractivity contribution is 0.0708. The lowest BCUT2D eigenvalue weighted by Crippen LogP contribution is -2.33. The average Bonchev–Trinajstić information content (AvgIpc) is 2.99. The summed E-state index contributed by atoms with van der Waals surface area (Å²) in [5.74, 6) is -0.0438. The van der Waals surface area contributed by atoms with E-state index < -0.39 is 0 Å². The van der Waals surface area contributed by atoms with Gasteiger partial charge in [-0.3, -0.25) is 14.9 Å². The molecule has 7 nitrogen and oxygen atoms in total. The highest BCUT2D eigenvalue weighted by molar-refractivity contribution is 6.05. The summed E-state index contributed by atoms with van der Waals surface area (Å²) in [7, 11) is 1.58. The van der Waals surface area contributed by atoms with Gasteiger partial charge < -0.3 is 9.64 Å². The molecule has 0 saturated heterocycles. The second-order valence-electron chi connectivity index (χ2n) is 6.70. The topological polar surface area (TPSA) is 84.4 Å². The maximum atomic E-state index is 12.6. The molecular weight excluding hydrogens is 344 g/mol.